The van der Waals surface area contributed by atoms with Crippen molar-refractivity contribution in [1.82, 2.24) is 4.90 Å². The average Bonchev–Trinajstić information content (AvgIpc) is 2.15. The normalized spacial score (nSPS) is 27.5. The Morgan fingerprint density at radius 3 is 2.85 bits per heavy atom. The second-order valence-corrected chi connectivity index (χ2v) is 4.20. The van der Waals surface area contributed by atoms with Gasteiger partial charge in [-0.3, -0.25) is 0 Å². The zero-order chi connectivity index (χ0) is 9.68. The molecule has 13 heavy (non-hydrogen) atoms. The number of hydrogen-bond acceptors (Lipinski definition) is 2. The van der Waals surface area contributed by atoms with E-state index in [9.17, 15) is 5.11 Å². The quantitative estimate of drug-likeness (QED) is 0.724. The van der Waals surface area contributed by atoms with Gasteiger partial charge in [-0.05, 0) is 45.7 Å². The first-order valence-electron chi connectivity index (χ1n) is 5.66. The van der Waals surface area contributed by atoms with Crippen LogP contribution in [0, 0.1) is 0 Å². The molecule has 0 aromatic rings. The molecule has 1 heterocycles. The van der Waals surface area contributed by atoms with Crippen LogP contribution < -0.4 is 0 Å². The zero-order valence-corrected chi connectivity index (χ0v) is 9.00. The Labute approximate surface area is 81.9 Å². The van der Waals surface area contributed by atoms with Crippen LogP contribution in [-0.2, 0) is 0 Å². The summed E-state index contributed by atoms with van der Waals surface area (Å²) in [4.78, 5) is 2.56. The molecule has 0 saturated carbocycles. The summed E-state index contributed by atoms with van der Waals surface area (Å²) in [6.45, 7) is 6.56. The van der Waals surface area contributed by atoms with Gasteiger partial charge >= 0.3 is 0 Å². The maximum atomic E-state index is 9.22. The lowest BCUT2D eigenvalue weighted by Gasteiger charge is -2.35. The molecule has 1 aliphatic heterocycles. The maximum absolute atomic E-state index is 9.22. The highest BCUT2D eigenvalue weighted by molar-refractivity contribution is 4.76. The summed E-state index contributed by atoms with van der Waals surface area (Å²) in [6, 6.07) is 0.744. The number of rotatable bonds is 4. The van der Waals surface area contributed by atoms with Crippen molar-refractivity contribution in [2.75, 3.05) is 13.1 Å². The number of aliphatic hydroxyl groups excluding tert-OH is 1. The Balaban J connectivity index is 2.27. The summed E-state index contributed by atoms with van der Waals surface area (Å²) in [5.41, 5.74) is 0. The molecule has 0 aromatic heterocycles. The number of nitrogens with zero attached hydrogens (tertiary/aromatic N) is 1. The molecule has 0 amide bonds. The molecule has 2 unspecified atom stereocenters. The molecular formula is C11H23NO. The fourth-order valence-corrected chi connectivity index (χ4v) is 2.24. The number of likely N-dealkylation sites (tertiary alicyclic amines) is 1. The molecular weight excluding hydrogens is 162 g/mol. The predicted octanol–water partition coefficient (Wildman–Crippen LogP) is 2.02. The second-order valence-electron chi connectivity index (χ2n) is 4.20. The lowest BCUT2D eigenvalue weighted by molar-refractivity contribution is 0.119. The largest absolute Gasteiger partial charge is 0.393 e. The molecule has 1 rings (SSSR count). The fraction of sp³-hybridized carbons (Fsp3) is 1.00. The third-order valence-corrected chi connectivity index (χ3v) is 3.07. The van der Waals surface area contributed by atoms with Crippen LogP contribution in [-0.4, -0.2) is 35.2 Å². The Kier molecular flexibility index (Phi) is 4.74. The Bertz CT molecular complexity index is 136. The highest BCUT2D eigenvalue weighted by atomic mass is 16.3. The third-order valence-electron chi connectivity index (χ3n) is 3.07. The highest BCUT2D eigenvalue weighted by Gasteiger charge is 2.20. The predicted molar refractivity (Wildman–Crippen MR) is 55.8 cm³/mol. The SMILES string of the molecule is CCN1CCCCC1CCC(C)O. The van der Waals surface area contributed by atoms with Gasteiger partial charge in [0.05, 0.1) is 6.10 Å². The second kappa shape index (κ2) is 5.61. The van der Waals surface area contributed by atoms with Gasteiger partial charge in [0.25, 0.3) is 0 Å². The summed E-state index contributed by atoms with van der Waals surface area (Å²) in [7, 11) is 0. The van der Waals surface area contributed by atoms with Crippen LogP contribution in [0.5, 0.6) is 0 Å². The van der Waals surface area contributed by atoms with Crippen LogP contribution in [0.15, 0.2) is 0 Å². The van der Waals surface area contributed by atoms with Crippen molar-refractivity contribution in [2.24, 2.45) is 0 Å². The van der Waals surface area contributed by atoms with Crippen molar-refractivity contribution in [3.63, 3.8) is 0 Å². The van der Waals surface area contributed by atoms with Crippen molar-refractivity contribution < 1.29 is 5.11 Å². The molecule has 2 atom stereocenters. The van der Waals surface area contributed by atoms with Gasteiger partial charge in [-0.15, -0.1) is 0 Å². The molecule has 1 fully saturated rings. The minimum atomic E-state index is -0.124. The molecule has 2 nitrogen and oxygen atoms in total. The van der Waals surface area contributed by atoms with Gasteiger partial charge in [0.1, 0.15) is 0 Å². The van der Waals surface area contributed by atoms with E-state index in [1.165, 1.54) is 38.8 Å². The van der Waals surface area contributed by atoms with Crippen LogP contribution in [0.25, 0.3) is 0 Å². The summed E-state index contributed by atoms with van der Waals surface area (Å²) >= 11 is 0. The molecule has 0 aliphatic carbocycles. The summed E-state index contributed by atoms with van der Waals surface area (Å²) < 4.78 is 0. The van der Waals surface area contributed by atoms with Gasteiger partial charge in [-0.2, -0.15) is 0 Å². The van der Waals surface area contributed by atoms with Crippen LogP contribution in [0.2, 0.25) is 0 Å². The maximum Gasteiger partial charge on any atom is 0.0512 e. The van der Waals surface area contributed by atoms with E-state index >= 15 is 0 Å². The van der Waals surface area contributed by atoms with Crippen LogP contribution >= 0.6 is 0 Å². The standard InChI is InChI=1S/C11H23NO/c1-3-12-9-5-4-6-11(12)8-7-10(2)13/h10-11,13H,3-9H2,1-2H3. The van der Waals surface area contributed by atoms with Gasteiger partial charge in [0.2, 0.25) is 0 Å². The minimum Gasteiger partial charge on any atom is -0.393 e. The summed E-state index contributed by atoms with van der Waals surface area (Å²) in [5.74, 6) is 0. The molecule has 78 valence electrons. The molecule has 0 spiro atoms. The van der Waals surface area contributed by atoms with Gasteiger partial charge in [-0.1, -0.05) is 13.3 Å². The average molecular weight is 185 g/mol. The molecule has 1 saturated heterocycles. The van der Waals surface area contributed by atoms with E-state index in [1.54, 1.807) is 0 Å². The minimum absolute atomic E-state index is 0.124. The molecule has 1 aliphatic rings. The molecule has 0 aromatic carbocycles. The van der Waals surface area contributed by atoms with Crippen molar-refractivity contribution >= 4 is 0 Å². The summed E-state index contributed by atoms with van der Waals surface area (Å²) in [5, 5.41) is 9.22. The van der Waals surface area contributed by atoms with Crippen molar-refractivity contribution in [3.05, 3.63) is 0 Å². The lowest BCUT2D eigenvalue weighted by Crippen LogP contribution is -2.39. The number of piperidine rings is 1. The van der Waals surface area contributed by atoms with E-state index in [0.717, 1.165) is 12.5 Å². The molecule has 0 bridgehead atoms. The number of aliphatic hydroxyl groups is 1. The molecule has 2 heteroatoms. The van der Waals surface area contributed by atoms with Gasteiger partial charge < -0.3 is 10.0 Å². The van der Waals surface area contributed by atoms with E-state index in [0.29, 0.717) is 0 Å². The highest BCUT2D eigenvalue weighted by Crippen LogP contribution is 2.20. The smallest absolute Gasteiger partial charge is 0.0512 e. The third kappa shape index (κ3) is 3.65. The van der Waals surface area contributed by atoms with Crippen molar-refractivity contribution in [2.45, 2.75) is 58.1 Å². The monoisotopic (exact) mass is 185 g/mol. The van der Waals surface area contributed by atoms with Crippen molar-refractivity contribution in [3.8, 4) is 0 Å². The first-order valence-corrected chi connectivity index (χ1v) is 5.66. The van der Waals surface area contributed by atoms with Gasteiger partial charge in [-0.25, -0.2) is 0 Å². The lowest BCUT2D eigenvalue weighted by atomic mass is 9.97. The van der Waals surface area contributed by atoms with Crippen LogP contribution in [0.3, 0.4) is 0 Å². The number of hydrogen-bond donors (Lipinski definition) is 1. The van der Waals surface area contributed by atoms with Crippen LogP contribution in [0.1, 0.15) is 46.0 Å². The van der Waals surface area contributed by atoms with E-state index in [2.05, 4.69) is 11.8 Å². The molecule has 1 N–H and O–H groups in total. The van der Waals surface area contributed by atoms with Gasteiger partial charge in [0, 0.05) is 6.04 Å². The van der Waals surface area contributed by atoms with Crippen LogP contribution in [0.4, 0.5) is 0 Å². The Morgan fingerprint density at radius 1 is 1.46 bits per heavy atom. The van der Waals surface area contributed by atoms with Crippen molar-refractivity contribution in [1.29, 1.82) is 0 Å². The zero-order valence-electron chi connectivity index (χ0n) is 9.00. The fourth-order valence-electron chi connectivity index (χ4n) is 2.24. The van der Waals surface area contributed by atoms with E-state index in [-0.39, 0.29) is 6.10 Å². The molecule has 0 radical (unpaired) electrons. The Morgan fingerprint density at radius 2 is 2.23 bits per heavy atom. The Hall–Kier alpha value is -0.0800. The van der Waals surface area contributed by atoms with E-state index in [1.807, 2.05) is 6.92 Å². The first kappa shape index (κ1) is 11.0. The first-order chi connectivity index (χ1) is 6.24. The van der Waals surface area contributed by atoms with E-state index < -0.39 is 0 Å². The van der Waals surface area contributed by atoms with E-state index in [4.69, 9.17) is 0 Å². The summed E-state index contributed by atoms with van der Waals surface area (Å²) in [6.07, 6.45) is 6.08. The topological polar surface area (TPSA) is 23.5 Å². The van der Waals surface area contributed by atoms with Gasteiger partial charge in [0.15, 0.2) is 0 Å².